The number of amides is 1. The SMILES string of the molecule is Cl.Cn1ccnc1Sc1ccc(NC(=O)CC2(CN)CCCCC2)cc1. The number of aryl methyl sites for hydroxylation is 1. The zero-order valence-corrected chi connectivity index (χ0v) is 16.7. The smallest absolute Gasteiger partial charge is 0.224 e. The van der Waals surface area contributed by atoms with Crippen LogP contribution in [0.15, 0.2) is 46.7 Å². The van der Waals surface area contributed by atoms with E-state index in [-0.39, 0.29) is 23.7 Å². The van der Waals surface area contributed by atoms with Crippen LogP contribution in [0.5, 0.6) is 0 Å². The van der Waals surface area contributed by atoms with Gasteiger partial charge in [0.2, 0.25) is 5.91 Å². The van der Waals surface area contributed by atoms with Crippen molar-refractivity contribution in [3.05, 3.63) is 36.7 Å². The van der Waals surface area contributed by atoms with Gasteiger partial charge >= 0.3 is 0 Å². The van der Waals surface area contributed by atoms with Crippen LogP contribution in [0.25, 0.3) is 0 Å². The van der Waals surface area contributed by atoms with Crippen molar-refractivity contribution in [3.63, 3.8) is 0 Å². The summed E-state index contributed by atoms with van der Waals surface area (Å²) in [6.07, 6.45) is 10.00. The number of carbonyl (C=O) groups excluding carboxylic acids is 1. The zero-order valence-electron chi connectivity index (χ0n) is 15.1. The number of imidazole rings is 1. The molecule has 1 fully saturated rings. The van der Waals surface area contributed by atoms with Crippen molar-refractivity contribution in [2.75, 3.05) is 11.9 Å². The first-order chi connectivity index (χ1) is 12.1. The number of benzene rings is 1. The van der Waals surface area contributed by atoms with Crippen molar-refractivity contribution in [2.45, 2.75) is 48.6 Å². The minimum atomic E-state index is -0.00364. The molecule has 0 saturated heterocycles. The normalized spacial score (nSPS) is 15.9. The summed E-state index contributed by atoms with van der Waals surface area (Å²) in [6.45, 7) is 0.597. The highest BCUT2D eigenvalue weighted by molar-refractivity contribution is 7.99. The van der Waals surface area contributed by atoms with E-state index in [1.165, 1.54) is 19.3 Å². The van der Waals surface area contributed by atoms with Gasteiger partial charge < -0.3 is 15.6 Å². The molecule has 1 aliphatic carbocycles. The predicted octanol–water partition coefficient (Wildman–Crippen LogP) is 4.23. The first-order valence-corrected chi connectivity index (χ1v) is 9.67. The highest BCUT2D eigenvalue weighted by Gasteiger charge is 2.32. The molecule has 1 amide bonds. The lowest BCUT2D eigenvalue weighted by Crippen LogP contribution is -2.36. The molecule has 1 saturated carbocycles. The Morgan fingerprint density at radius 1 is 1.27 bits per heavy atom. The van der Waals surface area contributed by atoms with E-state index in [2.05, 4.69) is 10.3 Å². The lowest BCUT2D eigenvalue weighted by molar-refractivity contribution is -0.118. The standard InChI is InChI=1S/C19H26N4OS.ClH/c1-23-12-11-21-18(23)25-16-7-5-15(6-8-16)22-17(24)13-19(14-20)9-3-2-4-10-19;/h5-8,11-12H,2-4,9-10,13-14,20H2,1H3,(H,22,24);1H. The second-order valence-corrected chi connectivity index (χ2v) is 7.98. The Morgan fingerprint density at radius 2 is 1.96 bits per heavy atom. The lowest BCUT2D eigenvalue weighted by atomic mass is 9.71. The first kappa shape index (κ1) is 20.8. The van der Waals surface area contributed by atoms with Gasteiger partial charge in [0.15, 0.2) is 5.16 Å². The fourth-order valence-electron chi connectivity index (χ4n) is 3.46. The fourth-order valence-corrected chi connectivity index (χ4v) is 4.26. The van der Waals surface area contributed by atoms with Crippen LogP contribution in [0.4, 0.5) is 5.69 Å². The number of rotatable bonds is 6. The summed E-state index contributed by atoms with van der Waals surface area (Å²) in [5.41, 5.74) is 6.81. The molecule has 3 rings (SSSR count). The predicted molar refractivity (Wildman–Crippen MR) is 109 cm³/mol. The molecule has 3 N–H and O–H groups in total. The minimum absolute atomic E-state index is 0. The first-order valence-electron chi connectivity index (χ1n) is 8.85. The molecule has 0 bridgehead atoms. The van der Waals surface area contributed by atoms with E-state index in [4.69, 9.17) is 5.73 Å². The molecule has 0 unspecified atom stereocenters. The number of hydrogen-bond acceptors (Lipinski definition) is 4. The number of nitrogens with one attached hydrogen (secondary N) is 1. The molecule has 1 aliphatic rings. The van der Waals surface area contributed by atoms with E-state index in [0.29, 0.717) is 13.0 Å². The van der Waals surface area contributed by atoms with Gasteiger partial charge in [0.05, 0.1) is 0 Å². The monoisotopic (exact) mass is 394 g/mol. The molecular formula is C19H27ClN4OS. The number of hydrogen-bond donors (Lipinski definition) is 2. The minimum Gasteiger partial charge on any atom is -0.330 e. The highest BCUT2D eigenvalue weighted by atomic mass is 35.5. The van der Waals surface area contributed by atoms with E-state index >= 15 is 0 Å². The average molecular weight is 395 g/mol. The summed E-state index contributed by atoms with van der Waals surface area (Å²) in [4.78, 5) is 17.8. The van der Waals surface area contributed by atoms with Crippen LogP contribution in [-0.4, -0.2) is 22.0 Å². The van der Waals surface area contributed by atoms with Gasteiger partial charge in [-0.3, -0.25) is 4.79 Å². The molecule has 142 valence electrons. The Kier molecular flexibility index (Phi) is 7.55. The summed E-state index contributed by atoms with van der Waals surface area (Å²) in [6, 6.07) is 7.90. The molecule has 7 heteroatoms. The van der Waals surface area contributed by atoms with Crippen LogP contribution >= 0.6 is 24.2 Å². The maximum atomic E-state index is 12.4. The third kappa shape index (κ3) is 5.25. The third-order valence-electron chi connectivity index (χ3n) is 5.01. The Labute approximate surface area is 165 Å². The van der Waals surface area contributed by atoms with E-state index in [9.17, 15) is 4.79 Å². The van der Waals surface area contributed by atoms with Crippen molar-refractivity contribution in [1.82, 2.24) is 9.55 Å². The van der Waals surface area contributed by atoms with Gasteiger partial charge in [-0.25, -0.2) is 4.98 Å². The van der Waals surface area contributed by atoms with Crippen molar-refractivity contribution >= 4 is 35.8 Å². The van der Waals surface area contributed by atoms with E-state index in [0.717, 1.165) is 28.6 Å². The lowest BCUT2D eigenvalue weighted by Gasteiger charge is -2.35. The van der Waals surface area contributed by atoms with Crippen LogP contribution in [-0.2, 0) is 11.8 Å². The molecule has 26 heavy (non-hydrogen) atoms. The number of anilines is 1. The van der Waals surface area contributed by atoms with Crippen LogP contribution < -0.4 is 11.1 Å². The highest BCUT2D eigenvalue weighted by Crippen LogP contribution is 2.38. The van der Waals surface area contributed by atoms with E-state index in [1.54, 1.807) is 18.0 Å². The Balaban J connectivity index is 0.00000243. The molecule has 1 heterocycles. The zero-order chi connectivity index (χ0) is 17.7. The summed E-state index contributed by atoms with van der Waals surface area (Å²) < 4.78 is 1.98. The van der Waals surface area contributed by atoms with Crippen molar-refractivity contribution < 1.29 is 4.79 Å². The fraction of sp³-hybridized carbons (Fsp3) is 0.474. The molecule has 0 aliphatic heterocycles. The van der Waals surface area contributed by atoms with E-state index < -0.39 is 0 Å². The molecule has 0 atom stereocenters. The van der Waals surface area contributed by atoms with Gasteiger partial charge in [0, 0.05) is 36.4 Å². The second-order valence-electron chi connectivity index (χ2n) is 6.94. The molecule has 1 aromatic heterocycles. The van der Waals surface area contributed by atoms with Crippen LogP contribution in [0, 0.1) is 5.41 Å². The number of nitrogens with two attached hydrogens (primary N) is 1. The quantitative estimate of drug-likeness (QED) is 0.768. The number of halogens is 1. The Morgan fingerprint density at radius 3 is 2.54 bits per heavy atom. The molecule has 0 radical (unpaired) electrons. The second kappa shape index (κ2) is 9.44. The average Bonchev–Trinajstić information content (AvgIpc) is 3.02. The van der Waals surface area contributed by atoms with Gasteiger partial charge in [0.25, 0.3) is 0 Å². The summed E-state index contributed by atoms with van der Waals surface area (Å²) >= 11 is 1.60. The maximum Gasteiger partial charge on any atom is 0.224 e. The summed E-state index contributed by atoms with van der Waals surface area (Å²) in [5.74, 6) is 0.0665. The van der Waals surface area contributed by atoms with Gasteiger partial charge in [-0.05, 0) is 49.1 Å². The summed E-state index contributed by atoms with van der Waals surface area (Å²) in [7, 11) is 1.97. The molecule has 5 nitrogen and oxygen atoms in total. The third-order valence-corrected chi connectivity index (χ3v) is 6.09. The van der Waals surface area contributed by atoms with Gasteiger partial charge in [-0.2, -0.15) is 0 Å². The largest absolute Gasteiger partial charge is 0.330 e. The molecular weight excluding hydrogens is 368 g/mol. The van der Waals surface area contributed by atoms with Crippen LogP contribution in [0.3, 0.4) is 0 Å². The number of nitrogens with zero attached hydrogens (tertiary/aromatic N) is 2. The van der Waals surface area contributed by atoms with E-state index in [1.807, 2.05) is 42.1 Å². The Hall–Kier alpha value is -1.50. The number of aromatic nitrogens is 2. The van der Waals surface area contributed by atoms with Gasteiger partial charge in [0.1, 0.15) is 0 Å². The van der Waals surface area contributed by atoms with Crippen molar-refractivity contribution in [1.29, 1.82) is 0 Å². The van der Waals surface area contributed by atoms with Crippen molar-refractivity contribution in [3.8, 4) is 0 Å². The summed E-state index contributed by atoms with van der Waals surface area (Å²) in [5, 5.41) is 3.96. The van der Waals surface area contributed by atoms with Crippen LogP contribution in [0.1, 0.15) is 38.5 Å². The Bertz CT molecular complexity index is 711. The molecule has 1 aromatic carbocycles. The molecule has 2 aromatic rings. The van der Waals surface area contributed by atoms with Gasteiger partial charge in [-0.15, -0.1) is 12.4 Å². The van der Waals surface area contributed by atoms with Crippen molar-refractivity contribution in [2.24, 2.45) is 18.2 Å². The molecule has 0 spiro atoms. The maximum absolute atomic E-state index is 12.4. The van der Waals surface area contributed by atoms with Gasteiger partial charge in [-0.1, -0.05) is 31.0 Å². The number of carbonyl (C=O) groups is 1. The topological polar surface area (TPSA) is 72.9 Å². The van der Waals surface area contributed by atoms with Crippen LogP contribution in [0.2, 0.25) is 0 Å².